The van der Waals surface area contributed by atoms with Crippen molar-refractivity contribution in [3.8, 4) is 0 Å². The number of rotatable bonds is 4. The van der Waals surface area contributed by atoms with Gasteiger partial charge < -0.3 is 19.9 Å². The van der Waals surface area contributed by atoms with Crippen molar-refractivity contribution in [2.24, 2.45) is 0 Å². The molecular weight excluding hydrogens is 258 g/mol. The maximum absolute atomic E-state index is 11.6. The molecule has 1 N–H and O–H groups in total. The van der Waals surface area contributed by atoms with E-state index in [0.717, 1.165) is 31.3 Å². The molecule has 7 nitrogen and oxygen atoms in total. The highest BCUT2D eigenvalue weighted by atomic mass is 16.6. The smallest absolute Gasteiger partial charge is 0.409 e. The molecule has 0 aromatic carbocycles. The molecule has 0 radical (unpaired) electrons. The Hall–Kier alpha value is -2.05. The van der Waals surface area contributed by atoms with Gasteiger partial charge in [-0.25, -0.2) is 14.8 Å². The van der Waals surface area contributed by atoms with Gasteiger partial charge in [-0.3, -0.25) is 0 Å². The predicted octanol–water partition coefficient (Wildman–Crippen LogP) is 1.19. The molecule has 1 aromatic rings. The van der Waals surface area contributed by atoms with Crippen LogP contribution < -0.4 is 10.2 Å². The summed E-state index contributed by atoms with van der Waals surface area (Å²) in [5.41, 5.74) is 0. The first kappa shape index (κ1) is 14.4. The Morgan fingerprint density at radius 3 is 2.70 bits per heavy atom. The lowest BCUT2D eigenvalue weighted by molar-refractivity contribution is 0.105. The van der Waals surface area contributed by atoms with Gasteiger partial charge in [0.05, 0.1) is 6.61 Å². The summed E-state index contributed by atoms with van der Waals surface area (Å²) in [6, 6.07) is 1.93. The van der Waals surface area contributed by atoms with Crippen LogP contribution in [0.15, 0.2) is 12.4 Å². The molecule has 1 aliphatic rings. The van der Waals surface area contributed by atoms with Gasteiger partial charge in [0, 0.05) is 38.8 Å². The number of anilines is 2. The Bertz CT molecular complexity index is 446. The number of carbonyl (C=O) groups is 1. The second-order valence-corrected chi connectivity index (χ2v) is 4.46. The number of amides is 1. The van der Waals surface area contributed by atoms with Gasteiger partial charge in [0.25, 0.3) is 0 Å². The minimum atomic E-state index is -0.233. The molecule has 2 heterocycles. The highest BCUT2D eigenvalue weighted by Gasteiger charge is 2.22. The fraction of sp³-hybridized carbons (Fsp3) is 0.615. The second kappa shape index (κ2) is 6.93. The molecule has 1 aliphatic heterocycles. The summed E-state index contributed by atoms with van der Waals surface area (Å²) in [6.07, 6.45) is 1.33. The largest absolute Gasteiger partial charge is 0.450 e. The number of hydrogen-bond acceptors (Lipinski definition) is 6. The molecular formula is C13H21N5O2. The van der Waals surface area contributed by atoms with E-state index in [9.17, 15) is 4.79 Å². The third-order valence-corrected chi connectivity index (χ3v) is 3.14. The summed E-state index contributed by atoms with van der Waals surface area (Å²) in [4.78, 5) is 24.0. The first-order valence-electron chi connectivity index (χ1n) is 6.97. The zero-order chi connectivity index (χ0) is 14.4. The number of aromatic nitrogens is 2. The third-order valence-electron chi connectivity index (χ3n) is 3.14. The maximum Gasteiger partial charge on any atom is 0.409 e. The third kappa shape index (κ3) is 3.49. The van der Waals surface area contributed by atoms with Crippen LogP contribution in [0.5, 0.6) is 0 Å². The molecule has 0 aliphatic carbocycles. The lowest BCUT2D eigenvalue weighted by Gasteiger charge is -2.34. The van der Waals surface area contributed by atoms with Crippen molar-refractivity contribution in [1.82, 2.24) is 14.9 Å². The summed E-state index contributed by atoms with van der Waals surface area (Å²) in [5, 5.41) is 3.17. The van der Waals surface area contributed by atoms with Crippen molar-refractivity contribution in [3.63, 3.8) is 0 Å². The molecule has 1 saturated heterocycles. The number of ether oxygens (including phenoxy) is 1. The van der Waals surface area contributed by atoms with E-state index in [0.29, 0.717) is 19.7 Å². The Morgan fingerprint density at radius 2 is 2.05 bits per heavy atom. The number of piperazine rings is 1. The molecule has 1 aromatic heterocycles. The Morgan fingerprint density at radius 1 is 1.30 bits per heavy atom. The van der Waals surface area contributed by atoms with Gasteiger partial charge in [-0.05, 0) is 13.8 Å². The van der Waals surface area contributed by atoms with Crippen LogP contribution in [0.2, 0.25) is 0 Å². The van der Waals surface area contributed by atoms with E-state index < -0.39 is 0 Å². The van der Waals surface area contributed by atoms with Gasteiger partial charge in [-0.1, -0.05) is 0 Å². The molecule has 0 unspecified atom stereocenters. The highest BCUT2D eigenvalue weighted by Crippen LogP contribution is 2.16. The monoisotopic (exact) mass is 279 g/mol. The molecule has 0 spiro atoms. The van der Waals surface area contributed by atoms with Crippen molar-refractivity contribution in [2.45, 2.75) is 13.8 Å². The van der Waals surface area contributed by atoms with Gasteiger partial charge in [0.2, 0.25) is 0 Å². The Balaban J connectivity index is 1.93. The molecule has 1 fully saturated rings. The van der Waals surface area contributed by atoms with Gasteiger partial charge in [-0.2, -0.15) is 0 Å². The number of carbonyl (C=O) groups excluding carboxylic acids is 1. The van der Waals surface area contributed by atoms with E-state index in [1.54, 1.807) is 11.2 Å². The van der Waals surface area contributed by atoms with Crippen molar-refractivity contribution >= 4 is 17.7 Å². The first-order valence-corrected chi connectivity index (χ1v) is 6.97. The van der Waals surface area contributed by atoms with Crippen LogP contribution >= 0.6 is 0 Å². The highest BCUT2D eigenvalue weighted by molar-refractivity contribution is 5.68. The average Bonchev–Trinajstić information content (AvgIpc) is 2.48. The molecule has 0 atom stereocenters. The van der Waals surface area contributed by atoms with Crippen LogP contribution in [-0.2, 0) is 4.74 Å². The number of nitrogens with one attached hydrogen (secondary N) is 1. The molecule has 0 bridgehead atoms. The van der Waals surface area contributed by atoms with Gasteiger partial charge in [-0.15, -0.1) is 0 Å². The van der Waals surface area contributed by atoms with Crippen LogP contribution in [0, 0.1) is 0 Å². The number of nitrogens with zero attached hydrogens (tertiary/aromatic N) is 4. The van der Waals surface area contributed by atoms with E-state index in [4.69, 9.17) is 4.74 Å². The van der Waals surface area contributed by atoms with Gasteiger partial charge >= 0.3 is 6.09 Å². The van der Waals surface area contributed by atoms with Crippen molar-refractivity contribution in [1.29, 1.82) is 0 Å². The van der Waals surface area contributed by atoms with Crippen molar-refractivity contribution < 1.29 is 9.53 Å². The van der Waals surface area contributed by atoms with Crippen LogP contribution in [0.1, 0.15) is 13.8 Å². The Labute approximate surface area is 118 Å². The van der Waals surface area contributed by atoms with Crippen molar-refractivity contribution in [3.05, 3.63) is 12.4 Å². The first-order chi connectivity index (χ1) is 9.74. The quantitative estimate of drug-likeness (QED) is 0.892. The fourth-order valence-electron chi connectivity index (χ4n) is 2.13. The molecule has 110 valence electrons. The van der Waals surface area contributed by atoms with E-state index in [1.807, 2.05) is 19.9 Å². The van der Waals surface area contributed by atoms with E-state index in [2.05, 4.69) is 20.2 Å². The summed E-state index contributed by atoms with van der Waals surface area (Å²) in [5.74, 6) is 1.71. The summed E-state index contributed by atoms with van der Waals surface area (Å²) in [7, 11) is 0. The maximum atomic E-state index is 11.6. The fourth-order valence-corrected chi connectivity index (χ4v) is 2.13. The molecule has 20 heavy (non-hydrogen) atoms. The lowest BCUT2D eigenvalue weighted by Crippen LogP contribution is -2.49. The molecule has 1 amide bonds. The minimum absolute atomic E-state index is 0.233. The average molecular weight is 279 g/mol. The summed E-state index contributed by atoms with van der Waals surface area (Å²) in [6.45, 7) is 7.89. The topological polar surface area (TPSA) is 70.6 Å². The van der Waals surface area contributed by atoms with Gasteiger partial charge in [0.1, 0.15) is 18.0 Å². The lowest BCUT2D eigenvalue weighted by atomic mass is 10.3. The SMILES string of the molecule is CCNc1cc(N2CCN(C(=O)OCC)CC2)ncn1. The number of hydrogen-bond donors (Lipinski definition) is 1. The minimum Gasteiger partial charge on any atom is -0.450 e. The molecule has 0 saturated carbocycles. The van der Waals surface area contributed by atoms with Crippen molar-refractivity contribution in [2.75, 3.05) is 49.5 Å². The van der Waals surface area contributed by atoms with E-state index >= 15 is 0 Å². The van der Waals surface area contributed by atoms with Crippen LogP contribution in [0.25, 0.3) is 0 Å². The van der Waals surface area contributed by atoms with E-state index in [-0.39, 0.29) is 6.09 Å². The second-order valence-electron chi connectivity index (χ2n) is 4.46. The normalized spacial score (nSPS) is 15.1. The summed E-state index contributed by atoms with van der Waals surface area (Å²) < 4.78 is 5.01. The Kier molecular flexibility index (Phi) is 4.97. The standard InChI is InChI=1S/C13H21N5O2/c1-3-14-11-9-12(16-10-15-11)17-5-7-18(8-6-17)13(19)20-4-2/h9-10H,3-8H2,1-2H3,(H,14,15,16). The van der Waals surface area contributed by atoms with Gasteiger partial charge in [0.15, 0.2) is 0 Å². The zero-order valence-corrected chi connectivity index (χ0v) is 12.0. The van der Waals surface area contributed by atoms with E-state index in [1.165, 1.54) is 0 Å². The van der Waals surface area contributed by atoms with Crippen LogP contribution in [-0.4, -0.2) is 60.3 Å². The summed E-state index contributed by atoms with van der Waals surface area (Å²) >= 11 is 0. The zero-order valence-electron chi connectivity index (χ0n) is 12.0. The van der Waals surface area contributed by atoms with Crippen LogP contribution in [0.3, 0.4) is 0 Å². The predicted molar refractivity (Wildman–Crippen MR) is 77.0 cm³/mol. The molecule has 7 heteroatoms. The molecule has 2 rings (SSSR count). The van der Waals surface area contributed by atoms with Crippen LogP contribution in [0.4, 0.5) is 16.4 Å².